The van der Waals surface area contributed by atoms with Crippen LogP contribution in [0.3, 0.4) is 0 Å². The molecule has 0 bridgehead atoms. The Hall–Kier alpha value is -2.58. The molecule has 0 aliphatic heterocycles. The van der Waals surface area contributed by atoms with E-state index in [1.165, 1.54) is 11.7 Å². The Morgan fingerprint density at radius 2 is 2.00 bits per heavy atom. The van der Waals surface area contributed by atoms with Gasteiger partial charge in [0.1, 0.15) is 5.82 Å². The van der Waals surface area contributed by atoms with Crippen molar-refractivity contribution < 1.29 is 27.1 Å². The van der Waals surface area contributed by atoms with Gasteiger partial charge < -0.3 is 4.74 Å². The number of benzene rings is 1. The summed E-state index contributed by atoms with van der Waals surface area (Å²) in [6, 6.07) is 8.84. The van der Waals surface area contributed by atoms with E-state index in [1.54, 1.807) is 30.3 Å². The molecule has 0 radical (unpaired) electrons. The van der Waals surface area contributed by atoms with Crippen molar-refractivity contribution in [3.8, 4) is 11.1 Å². The van der Waals surface area contributed by atoms with E-state index < -0.39 is 31.0 Å². The molecule has 1 aromatic heterocycles. The lowest BCUT2D eigenvalue weighted by molar-refractivity contribution is -0.0875. The van der Waals surface area contributed by atoms with Gasteiger partial charge in [-0.2, -0.15) is 5.10 Å². The van der Waals surface area contributed by atoms with Crippen molar-refractivity contribution in [2.24, 2.45) is 7.05 Å². The molecule has 0 unspecified atom stereocenters. The number of aryl methyl sites for hydroxylation is 1. The van der Waals surface area contributed by atoms with Gasteiger partial charge in [0.05, 0.1) is 5.69 Å². The maximum Gasteiger partial charge on any atom is 0.413 e. The number of anilines is 1. The zero-order chi connectivity index (χ0) is 18.9. The average Bonchev–Trinajstić information content (AvgIpc) is 2.88. The number of ether oxygens (including phenoxy) is 1. The molecule has 0 saturated heterocycles. The largest absolute Gasteiger partial charge is 0.443 e. The van der Waals surface area contributed by atoms with Gasteiger partial charge in [0.25, 0.3) is 6.43 Å². The number of nitrogens with one attached hydrogen (secondary N) is 1. The lowest BCUT2D eigenvalue weighted by Crippen LogP contribution is -2.34. The molecule has 1 saturated carbocycles. The molecule has 3 rings (SSSR count). The smallest absolute Gasteiger partial charge is 0.413 e. The number of halogens is 4. The van der Waals surface area contributed by atoms with Gasteiger partial charge in [-0.15, -0.1) is 0 Å². The Morgan fingerprint density at radius 1 is 1.35 bits per heavy atom. The summed E-state index contributed by atoms with van der Waals surface area (Å²) in [5, 5.41) is 6.68. The van der Waals surface area contributed by atoms with E-state index >= 15 is 0 Å². The second kappa shape index (κ2) is 6.97. The van der Waals surface area contributed by atoms with Crippen LogP contribution in [0.5, 0.6) is 0 Å². The van der Waals surface area contributed by atoms with Crippen LogP contribution < -0.4 is 5.32 Å². The summed E-state index contributed by atoms with van der Waals surface area (Å²) < 4.78 is 56.8. The van der Waals surface area contributed by atoms with E-state index in [1.807, 2.05) is 0 Å². The number of carbonyl (C=O) groups is 1. The molecule has 1 aromatic carbocycles. The molecule has 1 aliphatic carbocycles. The van der Waals surface area contributed by atoms with Crippen LogP contribution in [0.2, 0.25) is 0 Å². The number of hydrogen-bond acceptors (Lipinski definition) is 3. The van der Waals surface area contributed by atoms with Gasteiger partial charge in [-0.05, 0) is 5.56 Å². The Balaban J connectivity index is 1.93. The van der Waals surface area contributed by atoms with Gasteiger partial charge in [0.15, 0.2) is 6.61 Å². The quantitative estimate of drug-likeness (QED) is 0.792. The molecular weight excluding hydrogens is 354 g/mol. The van der Waals surface area contributed by atoms with Gasteiger partial charge in [0, 0.05) is 31.4 Å². The second-order valence-corrected chi connectivity index (χ2v) is 6.17. The fraction of sp³-hybridized carbons (Fsp3) is 0.412. The zero-order valence-electron chi connectivity index (χ0n) is 13.9. The molecule has 1 amide bonds. The van der Waals surface area contributed by atoms with Crippen molar-refractivity contribution in [1.29, 1.82) is 0 Å². The molecule has 0 spiro atoms. The van der Waals surface area contributed by atoms with Gasteiger partial charge >= 0.3 is 6.09 Å². The molecule has 1 aliphatic rings. The van der Waals surface area contributed by atoms with Crippen molar-refractivity contribution in [2.75, 3.05) is 11.9 Å². The minimum absolute atomic E-state index is 0.209. The third-order valence-corrected chi connectivity index (χ3v) is 4.17. The summed E-state index contributed by atoms with van der Waals surface area (Å²) in [5.41, 5.74) is 1.60. The molecule has 2 aromatic rings. The van der Waals surface area contributed by atoms with E-state index in [0.29, 0.717) is 16.8 Å². The molecule has 26 heavy (non-hydrogen) atoms. The number of hydrogen-bond donors (Lipinski definition) is 1. The zero-order valence-corrected chi connectivity index (χ0v) is 13.9. The third kappa shape index (κ3) is 3.81. The molecule has 1 fully saturated rings. The summed E-state index contributed by atoms with van der Waals surface area (Å²) in [5.74, 6) is -2.96. The van der Waals surface area contributed by atoms with E-state index in [2.05, 4.69) is 15.2 Å². The summed E-state index contributed by atoms with van der Waals surface area (Å²) in [4.78, 5) is 11.8. The standard InChI is InChI=1S/C17H17F4N3O2/c1-24-15(22-16(25)26-9-12(18)19)13(10-5-3-2-4-6-10)14(23-24)11-7-17(20,21)8-11/h2-6,11-12H,7-9H2,1H3,(H,22,25). The number of aromatic nitrogens is 2. The summed E-state index contributed by atoms with van der Waals surface area (Å²) in [7, 11) is 1.54. The molecular formula is C17H17F4N3O2. The first-order valence-electron chi connectivity index (χ1n) is 7.99. The van der Waals surface area contributed by atoms with Crippen LogP contribution in [0.25, 0.3) is 11.1 Å². The fourth-order valence-electron chi connectivity index (χ4n) is 2.99. The molecule has 0 atom stereocenters. The van der Waals surface area contributed by atoms with Gasteiger partial charge in [-0.25, -0.2) is 22.4 Å². The number of rotatable bonds is 5. The monoisotopic (exact) mass is 371 g/mol. The highest BCUT2D eigenvalue weighted by atomic mass is 19.3. The Labute approximate surface area is 146 Å². The van der Waals surface area contributed by atoms with Gasteiger partial charge in [-0.3, -0.25) is 10.00 Å². The first-order valence-corrected chi connectivity index (χ1v) is 7.99. The highest BCUT2D eigenvalue weighted by Crippen LogP contribution is 2.51. The van der Waals surface area contributed by atoms with Crippen LogP contribution in [0.4, 0.5) is 28.2 Å². The van der Waals surface area contributed by atoms with E-state index in [0.717, 1.165) is 0 Å². The van der Waals surface area contributed by atoms with E-state index in [4.69, 9.17) is 0 Å². The Morgan fingerprint density at radius 3 is 2.58 bits per heavy atom. The molecule has 1 heterocycles. The maximum atomic E-state index is 13.3. The second-order valence-electron chi connectivity index (χ2n) is 6.17. The predicted molar refractivity (Wildman–Crippen MR) is 86.5 cm³/mol. The highest BCUT2D eigenvalue weighted by Gasteiger charge is 2.48. The molecule has 1 N–H and O–H groups in total. The summed E-state index contributed by atoms with van der Waals surface area (Å²) in [6.07, 6.45) is -4.48. The first-order chi connectivity index (χ1) is 12.3. The van der Waals surface area contributed by atoms with Crippen molar-refractivity contribution in [3.63, 3.8) is 0 Å². The lowest BCUT2D eigenvalue weighted by atomic mass is 9.77. The maximum absolute atomic E-state index is 13.3. The number of alkyl halides is 4. The van der Waals surface area contributed by atoms with E-state index in [9.17, 15) is 22.4 Å². The number of carbonyl (C=O) groups excluding carboxylic acids is 1. The number of nitrogens with zero attached hydrogens (tertiary/aromatic N) is 2. The van der Waals surface area contributed by atoms with Crippen molar-refractivity contribution in [1.82, 2.24) is 9.78 Å². The summed E-state index contributed by atoms with van der Waals surface area (Å²) >= 11 is 0. The molecule has 5 nitrogen and oxygen atoms in total. The molecule has 140 valence electrons. The van der Waals surface area contributed by atoms with Gasteiger partial charge in [-0.1, -0.05) is 30.3 Å². The predicted octanol–water partition coefficient (Wildman–Crippen LogP) is 4.41. The van der Waals surface area contributed by atoms with Crippen LogP contribution in [0.15, 0.2) is 30.3 Å². The average molecular weight is 371 g/mol. The van der Waals surface area contributed by atoms with Crippen molar-refractivity contribution >= 4 is 11.9 Å². The first kappa shape index (κ1) is 18.2. The van der Waals surface area contributed by atoms with Crippen LogP contribution >= 0.6 is 0 Å². The Kier molecular flexibility index (Phi) is 4.88. The third-order valence-electron chi connectivity index (χ3n) is 4.17. The fourth-order valence-corrected chi connectivity index (χ4v) is 2.99. The van der Waals surface area contributed by atoms with Crippen LogP contribution in [0, 0.1) is 0 Å². The van der Waals surface area contributed by atoms with Crippen molar-refractivity contribution in [3.05, 3.63) is 36.0 Å². The minimum Gasteiger partial charge on any atom is -0.443 e. The van der Waals surface area contributed by atoms with Crippen molar-refractivity contribution in [2.45, 2.75) is 31.1 Å². The lowest BCUT2D eigenvalue weighted by Gasteiger charge is -2.34. The Bertz CT molecular complexity index is 785. The number of amides is 1. The van der Waals surface area contributed by atoms with Crippen LogP contribution in [-0.2, 0) is 11.8 Å². The molecule has 9 heteroatoms. The van der Waals surface area contributed by atoms with Gasteiger partial charge in [0.2, 0.25) is 5.92 Å². The SMILES string of the molecule is Cn1nc(C2CC(F)(F)C2)c(-c2ccccc2)c1NC(=O)OCC(F)F. The normalized spacial score (nSPS) is 16.4. The van der Waals surface area contributed by atoms with Crippen LogP contribution in [-0.4, -0.2) is 34.8 Å². The topological polar surface area (TPSA) is 56.2 Å². The minimum atomic E-state index is -2.78. The van der Waals surface area contributed by atoms with Crippen LogP contribution in [0.1, 0.15) is 24.5 Å². The van der Waals surface area contributed by atoms with E-state index in [-0.39, 0.29) is 18.7 Å². The summed E-state index contributed by atoms with van der Waals surface area (Å²) in [6.45, 7) is -1.04. The highest BCUT2D eigenvalue weighted by molar-refractivity contribution is 5.91.